The van der Waals surface area contributed by atoms with Gasteiger partial charge >= 0.3 is 0 Å². The van der Waals surface area contributed by atoms with Crippen LogP contribution >= 0.6 is 0 Å². The highest BCUT2D eigenvalue weighted by atomic mass is 15.4. The van der Waals surface area contributed by atoms with Gasteiger partial charge in [-0.25, -0.2) is 0 Å². The van der Waals surface area contributed by atoms with Crippen LogP contribution in [0.2, 0.25) is 0 Å². The molecule has 1 unspecified atom stereocenters. The fourth-order valence-corrected chi connectivity index (χ4v) is 3.64. The summed E-state index contributed by atoms with van der Waals surface area (Å²) in [6, 6.07) is 20.3. The molecule has 0 amide bonds. The Bertz CT molecular complexity index is 621. The van der Waals surface area contributed by atoms with Crippen molar-refractivity contribution in [3.63, 3.8) is 0 Å². The molecule has 2 aromatic carbocycles. The third kappa shape index (κ3) is 3.96. The van der Waals surface area contributed by atoms with E-state index in [0.717, 1.165) is 24.1 Å². The molecule has 0 aromatic heterocycles. The van der Waals surface area contributed by atoms with E-state index in [0.29, 0.717) is 12.0 Å². The van der Waals surface area contributed by atoms with Crippen molar-refractivity contribution < 1.29 is 4.48 Å². The van der Waals surface area contributed by atoms with Gasteiger partial charge in [0.05, 0.1) is 13.1 Å². The summed E-state index contributed by atoms with van der Waals surface area (Å²) in [7, 11) is 0. The quantitative estimate of drug-likeness (QED) is 0.407. The molecule has 0 fully saturated rings. The molecule has 0 heterocycles. The molecule has 0 aliphatic carbocycles. The van der Waals surface area contributed by atoms with Crippen molar-refractivity contribution in [2.24, 2.45) is 0 Å². The van der Waals surface area contributed by atoms with E-state index in [1.807, 2.05) is 0 Å². The van der Waals surface area contributed by atoms with E-state index in [1.165, 1.54) is 16.7 Å². The molecule has 0 N–H and O–H groups in total. The Morgan fingerprint density at radius 1 is 0.875 bits per heavy atom. The molecule has 0 saturated heterocycles. The van der Waals surface area contributed by atoms with Crippen LogP contribution in [0.4, 0.5) is 0 Å². The Hall–Kier alpha value is -1.86. The van der Waals surface area contributed by atoms with E-state index in [-0.39, 0.29) is 0 Å². The molecule has 128 valence electrons. The predicted molar refractivity (Wildman–Crippen MR) is 105 cm³/mol. The number of hydrogen-bond acceptors (Lipinski definition) is 0. The summed E-state index contributed by atoms with van der Waals surface area (Å²) in [5.41, 5.74) is 4.18. The smallest absolute Gasteiger partial charge is 0.133 e. The van der Waals surface area contributed by atoms with Crippen molar-refractivity contribution in [1.29, 1.82) is 0 Å². The molecule has 2 aromatic rings. The lowest BCUT2D eigenvalue weighted by Crippen LogP contribution is -2.49. The second-order valence-electron chi connectivity index (χ2n) is 7.00. The van der Waals surface area contributed by atoms with Crippen LogP contribution in [0.1, 0.15) is 56.3 Å². The van der Waals surface area contributed by atoms with Crippen LogP contribution in [0.3, 0.4) is 0 Å². The third-order valence-electron chi connectivity index (χ3n) is 5.36. The standard InChI is InChI=1S/C23H32N/c1-6-23(22-12-10-9-11-13-22)24(7-2,8-3)18-20-14-16-21(17-15-20)19(4)5/h6,9-17,19,23H,1,7-8,18H2,2-5H3/q+1. The van der Waals surface area contributed by atoms with E-state index in [2.05, 4.69) is 94.9 Å². The Morgan fingerprint density at radius 2 is 1.46 bits per heavy atom. The van der Waals surface area contributed by atoms with Gasteiger partial charge in [-0.2, -0.15) is 0 Å². The molecule has 0 aliphatic rings. The zero-order valence-corrected chi connectivity index (χ0v) is 15.7. The van der Waals surface area contributed by atoms with E-state index in [1.54, 1.807) is 0 Å². The summed E-state index contributed by atoms with van der Waals surface area (Å²) in [5.74, 6) is 0.584. The Morgan fingerprint density at radius 3 is 1.92 bits per heavy atom. The fraction of sp³-hybridized carbons (Fsp3) is 0.391. The van der Waals surface area contributed by atoms with Gasteiger partial charge in [0.2, 0.25) is 0 Å². The molecular weight excluding hydrogens is 290 g/mol. The summed E-state index contributed by atoms with van der Waals surface area (Å²) in [6.07, 6.45) is 2.13. The van der Waals surface area contributed by atoms with Gasteiger partial charge in [-0.15, -0.1) is 0 Å². The maximum atomic E-state index is 4.16. The van der Waals surface area contributed by atoms with Crippen LogP contribution in [-0.2, 0) is 6.54 Å². The number of benzene rings is 2. The summed E-state index contributed by atoms with van der Waals surface area (Å²) in [5, 5.41) is 0. The number of hydrogen-bond donors (Lipinski definition) is 0. The van der Waals surface area contributed by atoms with E-state index in [4.69, 9.17) is 0 Å². The molecular formula is C23H32N+. The normalized spacial score (nSPS) is 13.0. The molecule has 24 heavy (non-hydrogen) atoms. The van der Waals surface area contributed by atoms with Crippen molar-refractivity contribution >= 4 is 0 Å². The molecule has 2 rings (SSSR count). The number of nitrogens with zero attached hydrogens (tertiary/aromatic N) is 1. The first-order valence-electron chi connectivity index (χ1n) is 9.18. The van der Waals surface area contributed by atoms with Gasteiger partial charge in [0.15, 0.2) is 0 Å². The highest BCUT2D eigenvalue weighted by Crippen LogP contribution is 2.32. The van der Waals surface area contributed by atoms with Crippen molar-refractivity contribution in [2.75, 3.05) is 13.1 Å². The van der Waals surface area contributed by atoms with Crippen LogP contribution in [-0.4, -0.2) is 17.6 Å². The summed E-state index contributed by atoms with van der Waals surface area (Å²) in [6.45, 7) is 16.5. The average Bonchev–Trinajstić information content (AvgIpc) is 2.62. The monoisotopic (exact) mass is 322 g/mol. The van der Waals surface area contributed by atoms with E-state index >= 15 is 0 Å². The highest BCUT2D eigenvalue weighted by molar-refractivity contribution is 5.25. The minimum atomic E-state index is 0.325. The second kappa shape index (κ2) is 8.30. The molecule has 1 heteroatoms. The molecule has 0 saturated carbocycles. The lowest BCUT2D eigenvalue weighted by molar-refractivity contribution is -0.960. The predicted octanol–water partition coefficient (Wildman–Crippen LogP) is 6.09. The Kier molecular flexibility index (Phi) is 6.39. The van der Waals surface area contributed by atoms with Gasteiger partial charge in [-0.1, -0.05) is 75.0 Å². The summed E-state index contributed by atoms with van der Waals surface area (Å²) >= 11 is 0. The fourth-order valence-electron chi connectivity index (χ4n) is 3.64. The first-order chi connectivity index (χ1) is 11.6. The molecule has 0 bridgehead atoms. The SMILES string of the molecule is C=CC(c1ccccc1)[N+](CC)(CC)Cc1ccc(C(C)C)cc1. The third-order valence-corrected chi connectivity index (χ3v) is 5.36. The lowest BCUT2D eigenvalue weighted by atomic mass is 9.98. The zero-order valence-electron chi connectivity index (χ0n) is 15.7. The zero-order chi connectivity index (χ0) is 17.6. The highest BCUT2D eigenvalue weighted by Gasteiger charge is 2.33. The Labute approximate surface area is 148 Å². The van der Waals surface area contributed by atoms with Gasteiger partial charge in [0, 0.05) is 11.1 Å². The maximum Gasteiger partial charge on any atom is 0.133 e. The first-order valence-corrected chi connectivity index (χ1v) is 9.18. The van der Waals surface area contributed by atoms with Gasteiger partial charge in [-0.05, 0) is 31.4 Å². The average molecular weight is 323 g/mol. The van der Waals surface area contributed by atoms with Crippen LogP contribution in [0, 0.1) is 0 Å². The Balaban J connectivity index is 2.33. The molecule has 1 atom stereocenters. The lowest BCUT2D eigenvalue weighted by Gasteiger charge is -2.43. The van der Waals surface area contributed by atoms with Gasteiger partial charge < -0.3 is 4.48 Å². The maximum absolute atomic E-state index is 4.16. The van der Waals surface area contributed by atoms with Crippen LogP contribution in [0.25, 0.3) is 0 Å². The van der Waals surface area contributed by atoms with Crippen LogP contribution in [0.15, 0.2) is 67.3 Å². The van der Waals surface area contributed by atoms with Crippen molar-refractivity contribution in [3.05, 3.63) is 83.9 Å². The topological polar surface area (TPSA) is 0 Å². The van der Waals surface area contributed by atoms with Gasteiger partial charge in [0.1, 0.15) is 12.6 Å². The second-order valence-corrected chi connectivity index (χ2v) is 7.00. The minimum absolute atomic E-state index is 0.325. The van der Waals surface area contributed by atoms with Crippen LogP contribution in [0.5, 0.6) is 0 Å². The first kappa shape index (κ1) is 18.5. The minimum Gasteiger partial charge on any atom is -0.311 e. The number of quaternary nitrogens is 1. The van der Waals surface area contributed by atoms with Gasteiger partial charge in [-0.3, -0.25) is 0 Å². The van der Waals surface area contributed by atoms with Crippen molar-refractivity contribution in [1.82, 2.24) is 0 Å². The summed E-state index contributed by atoms with van der Waals surface area (Å²) < 4.78 is 1.01. The van der Waals surface area contributed by atoms with E-state index in [9.17, 15) is 0 Å². The van der Waals surface area contributed by atoms with E-state index < -0.39 is 0 Å². The molecule has 0 aliphatic heterocycles. The van der Waals surface area contributed by atoms with Crippen molar-refractivity contribution in [3.8, 4) is 0 Å². The molecule has 1 nitrogen and oxygen atoms in total. The van der Waals surface area contributed by atoms with Crippen molar-refractivity contribution in [2.45, 2.75) is 46.2 Å². The number of likely N-dealkylation sites (N-methyl/N-ethyl adjacent to an activating group) is 1. The summed E-state index contributed by atoms with van der Waals surface area (Å²) in [4.78, 5) is 0. The molecule has 0 radical (unpaired) electrons. The van der Waals surface area contributed by atoms with Crippen LogP contribution < -0.4 is 0 Å². The largest absolute Gasteiger partial charge is 0.311 e. The molecule has 0 spiro atoms. The number of rotatable bonds is 8. The van der Waals surface area contributed by atoms with Gasteiger partial charge in [0.25, 0.3) is 0 Å².